The highest BCUT2D eigenvalue weighted by molar-refractivity contribution is 5.79. The fourth-order valence-electron chi connectivity index (χ4n) is 1.79. The molecule has 0 radical (unpaired) electrons. The number of carboxylic acids is 1. The molecule has 0 bridgehead atoms. The van der Waals surface area contributed by atoms with Gasteiger partial charge in [0.05, 0.1) is 5.92 Å². The average Bonchev–Trinajstić information content (AvgIpc) is 2.16. The second-order valence-electron chi connectivity index (χ2n) is 3.88. The first-order valence-electron chi connectivity index (χ1n) is 5.08. The van der Waals surface area contributed by atoms with E-state index >= 15 is 0 Å². The lowest BCUT2D eigenvalue weighted by Crippen LogP contribution is -2.41. The van der Waals surface area contributed by atoms with Crippen molar-refractivity contribution >= 4 is 5.97 Å². The van der Waals surface area contributed by atoms with Crippen molar-refractivity contribution in [3.8, 4) is 0 Å². The Labute approximate surface area is 91.5 Å². The van der Waals surface area contributed by atoms with E-state index in [0.717, 1.165) is 6.08 Å². The van der Waals surface area contributed by atoms with Gasteiger partial charge in [-0.15, -0.1) is 0 Å². The number of carbonyl (C=O) groups is 1. The fraction of sp³-hybridized carbons (Fsp3) is 0.700. The van der Waals surface area contributed by atoms with Crippen LogP contribution in [0.25, 0.3) is 0 Å². The molecule has 0 aliphatic carbocycles. The summed E-state index contributed by atoms with van der Waals surface area (Å²) in [6.45, 7) is 0.822. The third-order valence-electron chi connectivity index (χ3n) is 2.59. The Morgan fingerprint density at radius 2 is 2.19 bits per heavy atom. The molecule has 0 saturated carbocycles. The summed E-state index contributed by atoms with van der Waals surface area (Å²) in [7, 11) is 0. The molecule has 3 nitrogen and oxygen atoms in total. The maximum absolute atomic E-state index is 12.4. The molecule has 92 valence electrons. The van der Waals surface area contributed by atoms with Crippen LogP contribution in [0, 0.1) is 5.92 Å². The maximum Gasteiger partial charge on any atom is 0.393 e. The van der Waals surface area contributed by atoms with Crippen molar-refractivity contribution < 1.29 is 23.1 Å². The SMILES string of the molecule is O=C(O)/C=C/CN1CCCC(C(F)(F)F)C1. The van der Waals surface area contributed by atoms with Crippen molar-refractivity contribution in [2.45, 2.75) is 19.0 Å². The van der Waals surface area contributed by atoms with Crippen LogP contribution in [0.1, 0.15) is 12.8 Å². The summed E-state index contributed by atoms with van der Waals surface area (Å²) in [5.74, 6) is -2.36. The van der Waals surface area contributed by atoms with Crippen LogP contribution in [0.15, 0.2) is 12.2 Å². The van der Waals surface area contributed by atoms with Crippen LogP contribution in [0.3, 0.4) is 0 Å². The second kappa shape index (κ2) is 5.34. The first-order chi connectivity index (χ1) is 7.39. The van der Waals surface area contributed by atoms with Crippen LogP contribution in [0.4, 0.5) is 13.2 Å². The summed E-state index contributed by atoms with van der Waals surface area (Å²) in [4.78, 5) is 11.8. The van der Waals surface area contributed by atoms with Crippen LogP contribution in [0.5, 0.6) is 0 Å². The van der Waals surface area contributed by atoms with Crippen molar-refractivity contribution in [1.82, 2.24) is 4.90 Å². The van der Waals surface area contributed by atoms with Gasteiger partial charge >= 0.3 is 12.1 Å². The van der Waals surface area contributed by atoms with Crippen molar-refractivity contribution in [1.29, 1.82) is 0 Å². The van der Waals surface area contributed by atoms with Gasteiger partial charge in [0.25, 0.3) is 0 Å². The fourth-order valence-corrected chi connectivity index (χ4v) is 1.79. The number of rotatable bonds is 3. The molecule has 1 heterocycles. The van der Waals surface area contributed by atoms with Crippen LogP contribution in [-0.2, 0) is 4.79 Å². The maximum atomic E-state index is 12.4. The third kappa shape index (κ3) is 4.22. The molecule has 0 aromatic rings. The molecular weight excluding hydrogens is 223 g/mol. The highest BCUT2D eigenvalue weighted by Crippen LogP contribution is 2.32. The molecule has 1 fully saturated rings. The zero-order chi connectivity index (χ0) is 12.2. The molecule has 0 aromatic heterocycles. The Morgan fingerprint density at radius 3 is 2.75 bits per heavy atom. The summed E-state index contributed by atoms with van der Waals surface area (Å²) in [5, 5.41) is 8.34. The minimum absolute atomic E-state index is 0.0343. The zero-order valence-electron chi connectivity index (χ0n) is 8.70. The van der Waals surface area contributed by atoms with Crippen LogP contribution < -0.4 is 0 Å². The summed E-state index contributed by atoms with van der Waals surface area (Å²) < 4.78 is 37.3. The van der Waals surface area contributed by atoms with E-state index in [0.29, 0.717) is 13.0 Å². The Balaban J connectivity index is 2.42. The Bertz CT molecular complexity index is 276. The molecule has 1 atom stereocenters. The number of hydrogen-bond donors (Lipinski definition) is 1. The molecule has 1 saturated heterocycles. The number of likely N-dealkylation sites (tertiary alicyclic amines) is 1. The van der Waals surface area contributed by atoms with Crippen molar-refractivity contribution in [3.05, 3.63) is 12.2 Å². The van der Waals surface area contributed by atoms with Crippen LogP contribution in [-0.4, -0.2) is 41.8 Å². The minimum Gasteiger partial charge on any atom is -0.478 e. The Morgan fingerprint density at radius 1 is 1.50 bits per heavy atom. The first-order valence-corrected chi connectivity index (χ1v) is 5.08. The highest BCUT2D eigenvalue weighted by Gasteiger charge is 2.41. The predicted octanol–water partition coefficient (Wildman–Crippen LogP) is 1.90. The van der Waals surface area contributed by atoms with E-state index in [9.17, 15) is 18.0 Å². The van der Waals surface area contributed by atoms with Gasteiger partial charge in [-0.2, -0.15) is 13.2 Å². The minimum atomic E-state index is -4.14. The topological polar surface area (TPSA) is 40.5 Å². The quantitative estimate of drug-likeness (QED) is 0.762. The van der Waals surface area contributed by atoms with Crippen molar-refractivity contribution in [2.75, 3.05) is 19.6 Å². The molecule has 1 aliphatic heterocycles. The number of hydrogen-bond acceptors (Lipinski definition) is 2. The third-order valence-corrected chi connectivity index (χ3v) is 2.59. The smallest absolute Gasteiger partial charge is 0.393 e. The Kier molecular flexibility index (Phi) is 4.35. The molecule has 1 N–H and O–H groups in total. The standard InChI is InChI=1S/C10H14F3NO2/c11-10(12,13)8-3-1-5-14(7-8)6-2-4-9(15)16/h2,4,8H,1,3,5-7H2,(H,15,16)/b4-2+. The first kappa shape index (κ1) is 13.0. The van der Waals surface area contributed by atoms with Gasteiger partial charge in [0.1, 0.15) is 0 Å². The summed E-state index contributed by atoms with van der Waals surface area (Å²) >= 11 is 0. The van der Waals surface area contributed by atoms with Crippen LogP contribution >= 0.6 is 0 Å². The van der Waals surface area contributed by atoms with Gasteiger partial charge in [-0.25, -0.2) is 4.79 Å². The van der Waals surface area contributed by atoms with Gasteiger partial charge in [0.15, 0.2) is 0 Å². The average molecular weight is 237 g/mol. The Hall–Kier alpha value is -1.04. The van der Waals surface area contributed by atoms with E-state index in [2.05, 4.69) is 0 Å². The van der Waals surface area contributed by atoms with Gasteiger partial charge < -0.3 is 5.11 Å². The highest BCUT2D eigenvalue weighted by atomic mass is 19.4. The van der Waals surface area contributed by atoms with Gasteiger partial charge in [-0.1, -0.05) is 6.08 Å². The molecule has 1 unspecified atom stereocenters. The van der Waals surface area contributed by atoms with E-state index in [1.54, 1.807) is 4.90 Å². The van der Waals surface area contributed by atoms with Gasteiger partial charge in [0, 0.05) is 19.2 Å². The predicted molar refractivity (Wildman–Crippen MR) is 52.0 cm³/mol. The van der Waals surface area contributed by atoms with E-state index < -0.39 is 18.1 Å². The van der Waals surface area contributed by atoms with E-state index in [1.807, 2.05) is 0 Å². The summed E-state index contributed by atoms with van der Waals surface area (Å²) in [6.07, 6.45) is -1.14. The number of alkyl halides is 3. The molecule has 0 amide bonds. The lowest BCUT2D eigenvalue weighted by molar-refractivity contribution is -0.186. The van der Waals surface area contributed by atoms with Crippen molar-refractivity contribution in [3.63, 3.8) is 0 Å². The number of piperidine rings is 1. The van der Waals surface area contributed by atoms with Gasteiger partial charge in [0.2, 0.25) is 0 Å². The number of halogens is 3. The molecule has 0 aromatic carbocycles. The lowest BCUT2D eigenvalue weighted by atomic mass is 9.97. The normalized spacial score (nSPS) is 23.8. The zero-order valence-corrected chi connectivity index (χ0v) is 8.70. The molecule has 16 heavy (non-hydrogen) atoms. The monoisotopic (exact) mass is 237 g/mol. The molecule has 1 rings (SSSR count). The van der Waals surface area contributed by atoms with E-state index in [4.69, 9.17) is 5.11 Å². The molecule has 0 spiro atoms. The summed E-state index contributed by atoms with van der Waals surface area (Å²) in [6, 6.07) is 0. The number of aliphatic carboxylic acids is 1. The van der Waals surface area contributed by atoms with E-state index in [1.165, 1.54) is 6.08 Å². The van der Waals surface area contributed by atoms with Gasteiger partial charge in [-0.3, -0.25) is 4.90 Å². The second-order valence-corrected chi connectivity index (χ2v) is 3.88. The molecular formula is C10H14F3NO2. The number of nitrogens with zero attached hydrogens (tertiary/aromatic N) is 1. The van der Waals surface area contributed by atoms with Gasteiger partial charge in [-0.05, 0) is 19.4 Å². The molecule has 1 aliphatic rings. The molecule has 6 heteroatoms. The lowest BCUT2D eigenvalue weighted by Gasteiger charge is -2.32. The largest absolute Gasteiger partial charge is 0.478 e. The van der Waals surface area contributed by atoms with Crippen molar-refractivity contribution in [2.24, 2.45) is 5.92 Å². The summed E-state index contributed by atoms with van der Waals surface area (Å²) in [5.41, 5.74) is 0. The van der Waals surface area contributed by atoms with Crippen LogP contribution in [0.2, 0.25) is 0 Å². The number of carboxylic acid groups (broad SMARTS) is 1. The van der Waals surface area contributed by atoms with E-state index in [-0.39, 0.29) is 19.5 Å².